The van der Waals surface area contributed by atoms with Gasteiger partial charge in [0.1, 0.15) is 10.8 Å². The monoisotopic (exact) mass is 289 g/mol. The second kappa shape index (κ2) is 4.99. The predicted octanol–water partition coefficient (Wildman–Crippen LogP) is 0.573. The summed E-state index contributed by atoms with van der Waals surface area (Å²) in [5.74, 6) is -1.51. The van der Waals surface area contributed by atoms with E-state index in [0.29, 0.717) is 4.31 Å². The Kier molecular flexibility index (Phi) is 4.02. The Morgan fingerprint density at radius 2 is 2.11 bits per heavy atom. The number of sulfonamides is 1. The minimum atomic E-state index is -3.86. The number of anilines is 1. The number of carbonyl (C=O) groups is 1. The first-order valence-corrected chi connectivity index (χ1v) is 6.92. The number of hydrogen-bond acceptors (Lipinski definition) is 4. The maximum absolute atomic E-state index is 13.0. The molecular weight excluding hydrogens is 279 g/mol. The zero-order chi connectivity index (χ0) is 14.1. The van der Waals surface area contributed by atoms with E-state index in [2.05, 4.69) is 6.07 Å². The normalized spacial score (nSPS) is 11.1. The molecule has 0 aliphatic rings. The lowest BCUT2D eigenvalue weighted by atomic mass is 10.1. The Labute approximate surface area is 109 Å². The second-order valence-electron chi connectivity index (χ2n) is 3.49. The number of nitrogens with two attached hydrogens (primary N) is 1. The molecule has 1 amide bonds. The molecule has 0 saturated carbocycles. The Morgan fingerprint density at radius 1 is 1.56 bits per heavy atom. The quantitative estimate of drug-likeness (QED) is 0.823. The number of rotatable bonds is 3. The molecule has 1 aromatic rings. The predicted molar refractivity (Wildman–Crippen MR) is 69.1 cm³/mol. The summed E-state index contributed by atoms with van der Waals surface area (Å²) in [5, 5.41) is 0. The van der Waals surface area contributed by atoms with Gasteiger partial charge in [0.05, 0.1) is 11.9 Å². The van der Waals surface area contributed by atoms with Crippen LogP contribution in [0, 0.1) is 11.9 Å². The summed E-state index contributed by atoms with van der Waals surface area (Å²) in [6.07, 6.45) is 0.848. The highest BCUT2D eigenvalue weighted by Crippen LogP contribution is 2.24. The van der Waals surface area contributed by atoms with E-state index < -0.39 is 21.7 Å². The van der Waals surface area contributed by atoms with Crippen molar-refractivity contribution < 1.29 is 17.6 Å². The van der Waals surface area contributed by atoms with Crippen molar-refractivity contribution in [3.63, 3.8) is 0 Å². The fourth-order valence-electron chi connectivity index (χ4n) is 1.40. The number of thiocarbonyl (C=S) groups is 1. The molecular formula is C10H10FN2O3S2. The summed E-state index contributed by atoms with van der Waals surface area (Å²) in [5.41, 5.74) is 5.23. The van der Waals surface area contributed by atoms with Gasteiger partial charge in [-0.25, -0.2) is 17.1 Å². The van der Waals surface area contributed by atoms with E-state index >= 15 is 0 Å². The lowest BCUT2D eigenvalue weighted by molar-refractivity contribution is -0.115. The van der Waals surface area contributed by atoms with Crippen LogP contribution in [0.15, 0.2) is 12.1 Å². The van der Waals surface area contributed by atoms with Crippen LogP contribution in [0.4, 0.5) is 10.1 Å². The summed E-state index contributed by atoms with van der Waals surface area (Å²) in [4.78, 5) is 11.2. The van der Waals surface area contributed by atoms with Crippen molar-refractivity contribution in [2.75, 3.05) is 10.6 Å². The molecule has 1 radical (unpaired) electrons. The average Bonchev–Trinajstić information content (AvgIpc) is 2.17. The van der Waals surface area contributed by atoms with Crippen LogP contribution >= 0.6 is 12.2 Å². The standard InChI is InChI=1S/C10H10FN2O3S2/c1-6(14)13(18(2,15)16)9-4-3-7(11)5-8(9)10(12)17/h4-5H,1-2H3,(H2,12,17). The average molecular weight is 289 g/mol. The summed E-state index contributed by atoms with van der Waals surface area (Å²) in [7, 11) is -3.86. The van der Waals surface area contributed by atoms with E-state index in [1.807, 2.05) is 0 Å². The minimum Gasteiger partial charge on any atom is -0.389 e. The Hall–Kier alpha value is -1.54. The van der Waals surface area contributed by atoms with Crippen molar-refractivity contribution in [2.45, 2.75) is 6.92 Å². The van der Waals surface area contributed by atoms with Crippen LogP contribution in [0.25, 0.3) is 0 Å². The molecule has 18 heavy (non-hydrogen) atoms. The first-order valence-electron chi connectivity index (χ1n) is 4.66. The van der Waals surface area contributed by atoms with Crippen LogP contribution in [0.5, 0.6) is 0 Å². The highest BCUT2D eigenvalue weighted by molar-refractivity contribution is 7.92. The summed E-state index contributed by atoms with van der Waals surface area (Å²) >= 11 is 4.70. The maximum Gasteiger partial charge on any atom is 0.238 e. The molecule has 1 aromatic carbocycles. The van der Waals surface area contributed by atoms with Crippen LogP contribution < -0.4 is 10.0 Å². The molecule has 97 valence electrons. The van der Waals surface area contributed by atoms with Gasteiger partial charge < -0.3 is 5.73 Å². The lowest BCUT2D eigenvalue weighted by Gasteiger charge is -2.21. The molecule has 0 unspecified atom stereocenters. The minimum absolute atomic E-state index is 0.0399. The van der Waals surface area contributed by atoms with Gasteiger partial charge in [-0.05, 0) is 12.1 Å². The third-order valence-electron chi connectivity index (χ3n) is 2.00. The van der Waals surface area contributed by atoms with Crippen molar-refractivity contribution in [3.05, 3.63) is 29.6 Å². The van der Waals surface area contributed by atoms with E-state index in [-0.39, 0.29) is 16.2 Å². The molecule has 8 heteroatoms. The first-order chi connectivity index (χ1) is 8.14. The number of nitrogens with zero attached hydrogens (tertiary/aromatic N) is 1. The van der Waals surface area contributed by atoms with Gasteiger partial charge >= 0.3 is 0 Å². The van der Waals surface area contributed by atoms with Crippen LogP contribution in [0.2, 0.25) is 0 Å². The fraction of sp³-hybridized carbons (Fsp3) is 0.200. The van der Waals surface area contributed by atoms with Crippen molar-refractivity contribution in [1.29, 1.82) is 0 Å². The van der Waals surface area contributed by atoms with E-state index in [0.717, 1.165) is 25.3 Å². The van der Waals surface area contributed by atoms with E-state index in [4.69, 9.17) is 18.0 Å². The van der Waals surface area contributed by atoms with Gasteiger partial charge in [0.15, 0.2) is 0 Å². The van der Waals surface area contributed by atoms with Crippen molar-refractivity contribution >= 4 is 38.8 Å². The van der Waals surface area contributed by atoms with Gasteiger partial charge in [0.25, 0.3) is 0 Å². The van der Waals surface area contributed by atoms with E-state index in [9.17, 15) is 17.6 Å². The van der Waals surface area contributed by atoms with Gasteiger partial charge in [0.2, 0.25) is 15.9 Å². The van der Waals surface area contributed by atoms with Gasteiger partial charge in [-0.2, -0.15) is 0 Å². The number of hydrogen-bond donors (Lipinski definition) is 1. The zero-order valence-corrected chi connectivity index (χ0v) is 11.2. The molecule has 0 atom stereocenters. The van der Waals surface area contributed by atoms with Crippen molar-refractivity contribution in [1.82, 2.24) is 0 Å². The number of amides is 1. The Balaban J connectivity index is 3.57. The van der Waals surface area contributed by atoms with E-state index in [1.54, 1.807) is 0 Å². The van der Waals surface area contributed by atoms with Crippen molar-refractivity contribution in [3.8, 4) is 0 Å². The third-order valence-corrected chi connectivity index (χ3v) is 3.33. The molecule has 1 rings (SSSR count). The van der Waals surface area contributed by atoms with Crippen LogP contribution in [-0.2, 0) is 14.8 Å². The summed E-state index contributed by atoms with van der Waals surface area (Å²) in [6, 6.07) is 4.11. The van der Waals surface area contributed by atoms with Crippen LogP contribution in [-0.4, -0.2) is 25.6 Å². The highest BCUT2D eigenvalue weighted by atomic mass is 32.2. The number of benzene rings is 1. The molecule has 0 aliphatic carbocycles. The SMILES string of the molecule is CC(=O)N(c1c[c]c(F)cc1C(N)=S)S(C)(=O)=O. The molecule has 2 N–H and O–H groups in total. The third kappa shape index (κ3) is 3.02. The molecule has 0 spiro atoms. The molecule has 5 nitrogen and oxygen atoms in total. The van der Waals surface area contributed by atoms with Crippen molar-refractivity contribution in [2.24, 2.45) is 5.73 Å². The van der Waals surface area contributed by atoms with Gasteiger partial charge in [0, 0.05) is 18.6 Å². The smallest absolute Gasteiger partial charge is 0.238 e. The Bertz CT molecular complexity index is 614. The topological polar surface area (TPSA) is 80.5 Å². The van der Waals surface area contributed by atoms with Gasteiger partial charge in [-0.15, -0.1) is 0 Å². The lowest BCUT2D eigenvalue weighted by Crippen LogP contribution is -2.35. The Morgan fingerprint density at radius 3 is 2.50 bits per heavy atom. The van der Waals surface area contributed by atoms with Gasteiger partial charge in [-0.3, -0.25) is 4.79 Å². The number of halogens is 1. The van der Waals surface area contributed by atoms with Crippen LogP contribution in [0.3, 0.4) is 0 Å². The number of carbonyl (C=O) groups excluding carboxylic acids is 1. The largest absolute Gasteiger partial charge is 0.389 e. The highest BCUT2D eigenvalue weighted by Gasteiger charge is 2.25. The molecule has 0 aliphatic heterocycles. The molecule has 0 fully saturated rings. The first kappa shape index (κ1) is 14.5. The fourth-order valence-corrected chi connectivity index (χ4v) is 2.54. The molecule has 0 bridgehead atoms. The second-order valence-corrected chi connectivity index (χ2v) is 5.76. The summed E-state index contributed by atoms with van der Waals surface area (Å²) in [6.45, 7) is 1.06. The van der Waals surface area contributed by atoms with Crippen LogP contribution in [0.1, 0.15) is 12.5 Å². The summed E-state index contributed by atoms with van der Waals surface area (Å²) < 4.78 is 36.6. The zero-order valence-electron chi connectivity index (χ0n) is 9.60. The molecule has 0 saturated heterocycles. The maximum atomic E-state index is 13.0. The van der Waals surface area contributed by atoms with Gasteiger partial charge in [-0.1, -0.05) is 12.2 Å². The molecule has 0 heterocycles. The molecule has 0 aromatic heterocycles. The van der Waals surface area contributed by atoms with E-state index in [1.165, 1.54) is 0 Å².